The van der Waals surface area contributed by atoms with E-state index in [4.69, 9.17) is 0 Å². The highest BCUT2D eigenvalue weighted by Crippen LogP contribution is 2.17. The summed E-state index contributed by atoms with van der Waals surface area (Å²) in [7, 11) is 0. The van der Waals surface area contributed by atoms with E-state index in [0.717, 1.165) is 31.7 Å². The molecule has 1 fully saturated rings. The van der Waals surface area contributed by atoms with Gasteiger partial charge in [0.1, 0.15) is 5.82 Å². The fourth-order valence-corrected chi connectivity index (χ4v) is 2.29. The molecule has 1 amide bonds. The van der Waals surface area contributed by atoms with E-state index in [1.807, 2.05) is 0 Å². The second-order valence-electron chi connectivity index (χ2n) is 4.93. The van der Waals surface area contributed by atoms with Crippen molar-refractivity contribution in [3.8, 4) is 0 Å². The lowest BCUT2D eigenvalue weighted by Gasteiger charge is -2.15. The number of benzene rings is 1. The van der Waals surface area contributed by atoms with Crippen LogP contribution in [0.3, 0.4) is 0 Å². The number of carbonyl (C=O) groups is 1. The van der Waals surface area contributed by atoms with Crippen LogP contribution in [0.15, 0.2) is 36.4 Å². The molecular weight excluding hydrogens is 271 g/mol. The lowest BCUT2D eigenvalue weighted by atomic mass is 10.3. The minimum Gasteiger partial charge on any atom is -0.355 e. The SMILES string of the molecule is O=C(Nc1ccc(F)cc1)c1ccc(N2CCCC2)nn1. The van der Waals surface area contributed by atoms with Crippen LogP contribution in [0.4, 0.5) is 15.9 Å². The van der Waals surface area contributed by atoms with E-state index in [9.17, 15) is 9.18 Å². The summed E-state index contributed by atoms with van der Waals surface area (Å²) in [4.78, 5) is 14.2. The Balaban J connectivity index is 1.68. The summed E-state index contributed by atoms with van der Waals surface area (Å²) in [6.45, 7) is 1.96. The van der Waals surface area contributed by atoms with E-state index in [0.29, 0.717) is 5.69 Å². The minimum atomic E-state index is -0.359. The first kappa shape index (κ1) is 13.5. The largest absolute Gasteiger partial charge is 0.355 e. The van der Waals surface area contributed by atoms with E-state index in [1.54, 1.807) is 12.1 Å². The van der Waals surface area contributed by atoms with Gasteiger partial charge in [-0.05, 0) is 49.2 Å². The Bertz CT molecular complexity index is 621. The third-order valence-electron chi connectivity index (χ3n) is 3.42. The zero-order valence-corrected chi connectivity index (χ0v) is 11.4. The van der Waals surface area contributed by atoms with E-state index in [1.165, 1.54) is 24.3 Å². The number of halogens is 1. The van der Waals surface area contributed by atoms with Crippen molar-refractivity contribution in [1.82, 2.24) is 10.2 Å². The number of aromatic nitrogens is 2. The van der Waals surface area contributed by atoms with Gasteiger partial charge in [0.05, 0.1) is 0 Å². The van der Waals surface area contributed by atoms with Gasteiger partial charge in [-0.1, -0.05) is 0 Å². The maximum Gasteiger partial charge on any atom is 0.276 e. The average molecular weight is 286 g/mol. The predicted octanol–water partition coefficient (Wildman–Crippen LogP) is 2.47. The van der Waals surface area contributed by atoms with E-state index >= 15 is 0 Å². The molecule has 0 unspecified atom stereocenters. The van der Waals surface area contributed by atoms with Gasteiger partial charge in [-0.3, -0.25) is 4.79 Å². The van der Waals surface area contributed by atoms with Gasteiger partial charge in [-0.2, -0.15) is 0 Å². The van der Waals surface area contributed by atoms with Crippen LogP contribution in [0.25, 0.3) is 0 Å². The molecule has 21 heavy (non-hydrogen) atoms. The highest BCUT2D eigenvalue weighted by molar-refractivity contribution is 6.02. The third kappa shape index (κ3) is 3.16. The van der Waals surface area contributed by atoms with Crippen molar-refractivity contribution in [2.24, 2.45) is 0 Å². The summed E-state index contributed by atoms with van der Waals surface area (Å²) >= 11 is 0. The molecule has 1 aromatic carbocycles. The van der Waals surface area contributed by atoms with Gasteiger partial charge in [0, 0.05) is 18.8 Å². The molecule has 1 aliphatic rings. The topological polar surface area (TPSA) is 58.1 Å². The Morgan fingerprint density at radius 3 is 2.38 bits per heavy atom. The van der Waals surface area contributed by atoms with Crippen molar-refractivity contribution in [3.05, 3.63) is 47.9 Å². The zero-order chi connectivity index (χ0) is 14.7. The molecule has 0 saturated carbocycles. The highest BCUT2D eigenvalue weighted by Gasteiger charge is 2.15. The number of nitrogens with one attached hydrogen (secondary N) is 1. The Hall–Kier alpha value is -2.50. The van der Waals surface area contributed by atoms with Gasteiger partial charge >= 0.3 is 0 Å². The Morgan fingerprint density at radius 2 is 1.76 bits per heavy atom. The van der Waals surface area contributed by atoms with Crippen LogP contribution in [-0.2, 0) is 0 Å². The maximum absolute atomic E-state index is 12.8. The summed E-state index contributed by atoms with van der Waals surface area (Å²) in [6, 6.07) is 9.03. The fraction of sp³-hybridized carbons (Fsp3) is 0.267. The van der Waals surface area contributed by atoms with E-state index < -0.39 is 0 Å². The minimum absolute atomic E-state index is 0.238. The molecule has 2 heterocycles. The monoisotopic (exact) mass is 286 g/mol. The molecule has 0 bridgehead atoms. The molecule has 1 N–H and O–H groups in total. The first-order valence-corrected chi connectivity index (χ1v) is 6.88. The fourth-order valence-electron chi connectivity index (χ4n) is 2.29. The van der Waals surface area contributed by atoms with Crippen LogP contribution in [-0.4, -0.2) is 29.2 Å². The first-order chi connectivity index (χ1) is 10.2. The molecule has 1 aromatic heterocycles. The Morgan fingerprint density at radius 1 is 1.05 bits per heavy atom. The van der Waals surface area contributed by atoms with Crippen molar-refractivity contribution in [2.45, 2.75) is 12.8 Å². The predicted molar refractivity (Wildman–Crippen MR) is 77.8 cm³/mol. The molecule has 0 atom stereocenters. The number of amides is 1. The van der Waals surface area contributed by atoms with Crippen molar-refractivity contribution < 1.29 is 9.18 Å². The summed E-state index contributed by atoms with van der Waals surface area (Å²) in [5.74, 6) is 0.0932. The Kier molecular flexibility index (Phi) is 3.77. The van der Waals surface area contributed by atoms with Gasteiger partial charge in [0.15, 0.2) is 11.5 Å². The number of hydrogen-bond acceptors (Lipinski definition) is 4. The third-order valence-corrected chi connectivity index (χ3v) is 3.42. The molecule has 1 saturated heterocycles. The molecule has 2 aromatic rings. The lowest BCUT2D eigenvalue weighted by Crippen LogP contribution is -2.21. The van der Waals surface area contributed by atoms with Gasteiger partial charge in [0.25, 0.3) is 5.91 Å². The molecule has 0 radical (unpaired) electrons. The summed E-state index contributed by atoms with van der Waals surface area (Å²) in [5.41, 5.74) is 0.758. The van der Waals surface area contributed by atoms with Gasteiger partial charge < -0.3 is 10.2 Å². The molecule has 108 valence electrons. The molecule has 3 rings (SSSR count). The van der Waals surface area contributed by atoms with Gasteiger partial charge in [-0.25, -0.2) is 4.39 Å². The molecule has 0 aliphatic carbocycles. The second kappa shape index (κ2) is 5.87. The van der Waals surface area contributed by atoms with Gasteiger partial charge in [0.2, 0.25) is 0 Å². The van der Waals surface area contributed by atoms with Crippen LogP contribution in [0, 0.1) is 5.82 Å². The normalized spacial score (nSPS) is 14.2. The number of hydrogen-bond donors (Lipinski definition) is 1. The molecular formula is C15H15FN4O. The Labute approximate surface area is 121 Å². The van der Waals surface area contributed by atoms with Crippen LogP contribution in [0.2, 0.25) is 0 Å². The number of nitrogens with zero attached hydrogens (tertiary/aromatic N) is 3. The molecule has 0 spiro atoms. The standard InChI is InChI=1S/C15H15FN4O/c16-11-3-5-12(6-4-11)17-15(21)13-7-8-14(19-18-13)20-9-1-2-10-20/h3-8H,1-2,9-10H2,(H,17,21). The van der Waals surface area contributed by atoms with Crippen molar-refractivity contribution in [1.29, 1.82) is 0 Å². The quantitative estimate of drug-likeness (QED) is 0.941. The van der Waals surface area contributed by atoms with Crippen LogP contribution in [0.1, 0.15) is 23.3 Å². The van der Waals surface area contributed by atoms with E-state index in [-0.39, 0.29) is 17.4 Å². The summed E-state index contributed by atoms with van der Waals surface area (Å²) < 4.78 is 12.8. The first-order valence-electron chi connectivity index (χ1n) is 6.88. The molecule has 6 heteroatoms. The zero-order valence-electron chi connectivity index (χ0n) is 11.4. The summed E-state index contributed by atoms with van der Waals surface area (Å²) in [6.07, 6.45) is 2.32. The number of rotatable bonds is 3. The number of carbonyl (C=O) groups excluding carboxylic acids is 1. The second-order valence-corrected chi connectivity index (χ2v) is 4.93. The van der Waals surface area contributed by atoms with Crippen LogP contribution in [0.5, 0.6) is 0 Å². The van der Waals surface area contributed by atoms with Crippen LogP contribution < -0.4 is 10.2 Å². The molecule has 5 nitrogen and oxygen atoms in total. The van der Waals surface area contributed by atoms with Crippen molar-refractivity contribution in [2.75, 3.05) is 23.3 Å². The average Bonchev–Trinajstić information content (AvgIpc) is 3.04. The highest BCUT2D eigenvalue weighted by atomic mass is 19.1. The molecule has 1 aliphatic heterocycles. The number of anilines is 2. The van der Waals surface area contributed by atoms with Crippen LogP contribution >= 0.6 is 0 Å². The van der Waals surface area contributed by atoms with Crippen molar-refractivity contribution >= 4 is 17.4 Å². The maximum atomic E-state index is 12.8. The lowest BCUT2D eigenvalue weighted by molar-refractivity contribution is 0.102. The van der Waals surface area contributed by atoms with E-state index in [2.05, 4.69) is 20.4 Å². The smallest absolute Gasteiger partial charge is 0.276 e. The van der Waals surface area contributed by atoms with Crippen molar-refractivity contribution in [3.63, 3.8) is 0 Å². The van der Waals surface area contributed by atoms with Gasteiger partial charge in [-0.15, -0.1) is 10.2 Å². The summed E-state index contributed by atoms with van der Waals surface area (Å²) in [5, 5.41) is 10.7.